The Labute approximate surface area is 165 Å². The normalized spacial score (nSPS) is 19.8. The summed E-state index contributed by atoms with van der Waals surface area (Å²) in [7, 11) is 1.64. The minimum Gasteiger partial charge on any atom is -0.497 e. The maximum atomic E-state index is 12.4. The molecule has 0 saturated carbocycles. The molecule has 1 aliphatic heterocycles. The summed E-state index contributed by atoms with van der Waals surface area (Å²) >= 11 is 0. The van der Waals surface area contributed by atoms with E-state index in [9.17, 15) is 9.59 Å². The second-order valence-corrected chi connectivity index (χ2v) is 7.34. The summed E-state index contributed by atoms with van der Waals surface area (Å²) in [4.78, 5) is 26.3. The lowest BCUT2D eigenvalue weighted by atomic mass is 9.97. The number of esters is 1. The molecule has 1 heterocycles. The molecule has 1 saturated heterocycles. The number of ether oxygens (including phenoxy) is 2. The molecule has 2 aromatic carbocycles. The van der Waals surface area contributed by atoms with Crippen LogP contribution in [0.3, 0.4) is 0 Å². The van der Waals surface area contributed by atoms with Crippen molar-refractivity contribution >= 4 is 28.7 Å². The van der Waals surface area contributed by atoms with Gasteiger partial charge in [-0.3, -0.25) is 4.79 Å². The second kappa shape index (κ2) is 8.91. The number of carbonyl (C=O) groups is 2. The van der Waals surface area contributed by atoms with Crippen molar-refractivity contribution in [2.75, 3.05) is 13.7 Å². The SMILES string of the molecule is COc1ccc2cc(/C=C/C(=O)OCC(=O)N3[C@H](C)CCC[C@H]3C)ccc2c1. The van der Waals surface area contributed by atoms with E-state index in [1.54, 1.807) is 13.2 Å². The quantitative estimate of drug-likeness (QED) is 0.575. The van der Waals surface area contributed by atoms with Crippen LogP contribution in [-0.2, 0) is 14.3 Å². The van der Waals surface area contributed by atoms with Gasteiger partial charge in [-0.25, -0.2) is 4.79 Å². The largest absolute Gasteiger partial charge is 0.497 e. The van der Waals surface area contributed by atoms with Gasteiger partial charge in [-0.15, -0.1) is 0 Å². The Morgan fingerprint density at radius 1 is 1.07 bits per heavy atom. The lowest BCUT2D eigenvalue weighted by Gasteiger charge is -2.38. The van der Waals surface area contributed by atoms with Crippen molar-refractivity contribution in [1.29, 1.82) is 0 Å². The van der Waals surface area contributed by atoms with Crippen LogP contribution in [0.4, 0.5) is 0 Å². The van der Waals surface area contributed by atoms with E-state index in [0.29, 0.717) is 0 Å². The Hall–Kier alpha value is -2.82. The van der Waals surface area contributed by atoms with Crippen molar-refractivity contribution in [3.63, 3.8) is 0 Å². The predicted molar refractivity (Wildman–Crippen MR) is 110 cm³/mol. The van der Waals surface area contributed by atoms with E-state index in [1.807, 2.05) is 55.1 Å². The van der Waals surface area contributed by atoms with Gasteiger partial charge in [-0.05, 0) is 73.7 Å². The maximum absolute atomic E-state index is 12.4. The van der Waals surface area contributed by atoms with Gasteiger partial charge in [-0.1, -0.05) is 18.2 Å². The van der Waals surface area contributed by atoms with Crippen LogP contribution in [0.5, 0.6) is 5.75 Å². The number of rotatable bonds is 5. The topological polar surface area (TPSA) is 55.8 Å². The summed E-state index contributed by atoms with van der Waals surface area (Å²) in [5.41, 5.74) is 0.888. The minimum atomic E-state index is -0.513. The van der Waals surface area contributed by atoms with Crippen LogP contribution in [0.1, 0.15) is 38.7 Å². The first-order valence-electron chi connectivity index (χ1n) is 9.71. The molecule has 0 bridgehead atoms. The summed E-state index contributed by atoms with van der Waals surface area (Å²) in [6, 6.07) is 12.1. The number of likely N-dealkylation sites (tertiary alicyclic amines) is 1. The molecular weight excluding hydrogens is 354 g/mol. The van der Waals surface area contributed by atoms with E-state index in [4.69, 9.17) is 9.47 Å². The number of amides is 1. The van der Waals surface area contributed by atoms with Gasteiger partial charge in [0.05, 0.1) is 7.11 Å². The van der Waals surface area contributed by atoms with Gasteiger partial charge in [0, 0.05) is 18.2 Å². The third-order valence-corrected chi connectivity index (χ3v) is 5.30. The Kier molecular flexibility index (Phi) is 6.34. The first-order valence-corrected chi connectivity index (χ1v) is 9.71. The van der Waals surface area contributed by atoms with Crippen LogP contribution in [0.15, 0.2) is 42.5 Å². The highest BCUT2D eigenvalue weighted by atomic mass is 16.5. The van der Waals surface area contributed by atoms with Crippen LogP contribution in [0.25, 0.3) is 16.8 Å². The van der Waals surface area contributed by atoms with Crippen molar-refractivity contribution in [3.8, 4) is 5.75 Å². The summed E-state index contributed by atoms with van der Waals surface area (Å²) in [5.74, 6) is 0.169. The first kappa shape index (κ1) is 19.9. The van der Waals surface area contributed by atoms with E-state index in [1.165, 1.54) is 6.08 Å². The number of methoxy groups -OCH3 is 1. The Bertz CT molecular complexity index is 879. The number of hydrogen-bond donors (Lipinski definition) is 0. The third-order valence-electron chi connectivity index (χ3n) is 5.30. The lowest BCUT2D eigenvalue weighted by Crippen LogP contribution is -2.49. The molecule has 2 atom stereocenters. The van der Waals surface area contributed by atoms with Crippen LogP contribution in [0.2, 0.25) is 0 Å². The summed E-state index contributed by atoms with van der Waals surface area (Å²) < 4.78 is 10.4. The van der Waals surface area contributed by atoms with Crippen molar-refractivity contribution < 1.29 is 19.1 Å². The van der Waals surface area contributed by atoms with Gasteiger partial charge in [-0.2, -0.15) is 0 Å². The number of carbonyl (C=O) groups excluding carboxylic acids is 2. The second-order valence-electron chi connectivity index (χ2n) is 7.34. The highest BCUT2D eigenvalue weighted by molar-refractivity contribution is 5.91. The van der Waals surface area contributed by atoms with E-state index < -0.39 is 5.97 Å². The molecule has 28 heavy (non-hydrogen) atoms. The molecule has 3 rings (SSSR count). The average molecular weight is 381 g/mol. The van der Waals surface area contributed by atoms with Crippen LogP contribution in [0, 0.1) is 0 Å². The molecule has 0 N–H and O–H groups in total. The summed E-state index contributed by atoms with van der Waals surface area (Å²) in [6.45, 7) is 3.88. The Morgan fingerprint density at radius 2 is 1.75 bits per heavy atom. The molecule has 0 aliphatic carbocycles. The number of benzene rings is 2. The molecule has 0 spiro atoms. The molecular formula is C23H27NO4. The summed E-state index contributed by atoms with van der Waals surface area (Å²) in [5, 5.41) is 2.12. The summed E-state index contributed by atoms with van der Waals surface area (Å²) in [6.07, 6.45) is 6.19. The maximum Gasteiger partial charge on any atom is 0.331 e. The number of nitrogens with zero attached hydrogens (tertiary/aromatic N) is 1. The van der Waals surface area contributed by atoms with Crippen LogP contribution >= 0.6 is 0 Å². The molecule has 1 aliphatic rings. The Morgan fingerprint density at radius 3 is 2.46 bits per heavy atom. The van der Waals surface area contributed by atoms with Crippen LogP contribution < -0.4 is 4.74 Å². The minimum absolute atomic E-state index is 0.124. The fourth-order valence-electron chi connectivity index (χ4n) is 3.81. The average Bonchev–Trinajstić information content (AvgIpc) is 2.70. The van der Waals surface area contributed by atoms with Crippen molar-refractivity contribution in [3.05, 3.63) is 48.0 Å². The van der Waals surface area contributed by atoms with Crippen LogP contribution in [-0.4, -0.2) is 42.6 Å². The number of hydrogen-bond acceptors (Lipinski definition) is 4. The predicted octanol–water partition coefficient (Wildman–Crippen LogP) is 4.19. The zero-order valence-electron chi connectivity index (χ0n) is 16.7. The first-order chi connectivity index (χ1) is 13.5. The Balaban J connectivity index is 1.57. The third kappa shape index (κ3) is 4.71. The number of piperidine rings is 1. The van der Waals surface area contributed by atoms with Gasteiger partial charge in [0.1, 0.15) is 5.75 Å². The van der Waals surface area contributed by atoms with E-state index in [0.717, 1.165) is 41.3 Å². The molecule has 5 nitrogen and oxygen atoms in total. The van der Waals surface area contributed by atoms with Gasteiger partial charge < -0.3 is 14.4 Å². The number of fused-ring (bicyclic) bond motifs is 1. The van der Waals surface area contributed by atoms with Gasteiger partial charge in [0.2, 0.25) is 0 Å². The molecule has 0 aromatic heterocycles. The molecule has 2 aromatic rings. The fourth-order valence-corrected chi connectivity index (χ4v) is 3.81. The zero-order chi connectivity index (χ0) is 20.1. The van der Waals surface area contributed by atoms with Gasteiger partial charge in [0.25, 0.3) is 5.91 Å². The standard InChI is InChI=1S/C23H27NO4/c1-16-5-4-6-17(2)24(16)22(25)15-28-23(26)12-8-18-7-9-20-14-21(27-3)11-10-19(20)13-18/h7-14,16-17H,4-6,15H2,1-3H3/b12-8+/t16-,17-/m1/s1. The molecule has 148 valence electrons. The van der Waals surface area contributed by atoms with Crippen molar-refractivity contribution in [2.45, 2.75) is 45.2 Å². The van der Waals surface area contributed by atoms with Gasteiger partial charge >= 0.3 is 5.97 Å². The van der Waals surface area contributed by atoms with Crippen molar-refractivity contribution in [1.82, 2.24) is 4.90 Å². The molecule has 1 fully saturated rings. The van der Waals surface area contributed by atoms with E-state index in [-0.39, 0.29) is 24.6 Å². The van der Waals surface area contributed by atoms with Crippen molar-refractivity contribution in [2.24, 2.45) is 0 Å². The van der Waals surface area contributed by atoms with E-state index >= 15 is 0 Å². The molecule has 0 radical (unpaired) electrons. The monoisotopic (exact) mass is 381 g/mol. The smallest absolute Gasteiger partial charge is 0.331 e. The highest BCUT2D eigenvalue weighted by Crippen LogP contribution is 2.23. The molecule has 0 unspecified atom stereocenters. The molecule has 1 amide bonds. The zero-order valence-corrected chi connectivity index (χ0v) is 16.7. The van der Waals surface area contributed by atoms with Gasteiger partial charge in [0.15, 0.2) is 6.61 Å². The lowest BCUT2D eigenvalue weighted by molar-refractivity contribution is -0.151. The fraction of sp³-hybridized carbons (Fsp3) is 0.391. The highest BCUT2D eigenvalue weighted by Gasteiger charge is 2.29. The van der Waals surface area contributed by atoms with E-state index in [2.05, 4.69) is 0 Å². The molecule has 5 heteroatoms.